The third-order valence-corrected chi connectivity index (χ3v) is 4.40. The lowest BCUT2D eigenvalue weighted by Crippen LogP contribution is -2.18. The van der Waals surface area contributed by atoms with Crippen LogP contribution in [-0.4, -0.2) is 21.6 Å². The highest BCUT2D eigenvalue weighted by Gasteiger charge is 2.10. The van der Waals surface area contributed by atoms with Crippen LogP contribution in [0.1, 0.15) is 11.1 Å². The summed E-state index contributed by atoms with van der Waals surface area (Å²) < 4.78 is 15.3. The van der Waals surface area contributed by atoms with E-state index in [1.165, 1.54) is 11.6 Å². The van der Waals surface area contributed by atoms with Crippen LogP contribution in [0.2, 0.25) is 0 Å². The summed E-state index contributed by atoms with van der Waals surface area (Å²) in [5.41, 5.74) is 4.93. The fraction of sp³-hybridized carbons (Fsp3) is 0.143. The zero-order valence-corrected chi connectivity index (χ0v) is 14.7. The number of anilines is 1. The van der Waals surface area contributed by atoms with Gasteiger partial charge < -0.3 is 4.90 Å². The van der Waals surface area contributed by atoms with Crippen molar-refractivity contribution in [1.82, 2.24) is 14.6 Å². The van der Waals surface area contributed by atoms with E-state index >= 15 is 0 Å². The van der Waals surface area contributed by atoms with Crippen LogP contribution in [0, 0.1) is 12.7 Å². The van der Waals surface area contributed by atoms with Crippen molar-refractivity contribution in [2.75, 3.05) is 11.9 Å². The molecule has 5 heteroatoms. The van der Waals surface area contributed by atoms with Crippen LogP contribution in [0.25, 0.3) is 16.9 Å². The van der Waals surface area contributed by atoms with Gasteiger partial charge in [-0.15, -0.1) is 5.10 Å². The molecule has 0 amide bonds. The second-order valence-electron chi connectivity index (χ2n) is 6.46. The Morgan fingerprint density at radius 1 is 1.04 bits per heavy atom. The average Bonchev–Trinajstić information content (AvgIpc) is 3.05. The van der Waals surface area contributed by atoms with Crippen LogP contribution >= 0.6 is 0 Å². The largest absolute Gasteiger partial charge is 0.354 e. The minimum atomic E-state index is -0.226. The summed E-state index contributed by atoms with van der Waals surface area (Å²) in [6.07, 6.45) is 1.84. The molecular weight excluding hydrogens is 327 g/mol. The molecule has 2 heterocycles. The predicted molar refractivity (Wildman–Crippen MR) is 102 cm³/mol. The maximum absolute atomic E-state index is 13.4. The van der Waals surface area contributed by atoms with Crippen molar-refractivity contribution in [2.45, 2.75) is 13.5 Å². The first-order chi connectivity index (χ1) is 12.6. The van der Waals surface area contributed by atoms with Gasteiger partial charge >= 0.3 is 0 Å². The molecule has 4 rings (SSSR count). The van der Waals surface area contributed by atoms with Gasteiger partial charge in [-0.05, 0) is 36.8 Å². The van der Waals surface area contributed by atoms with Crippen molar-refractivity contribution in [3.63, 3.8) is 0 Å². The van der Waals surface area contributed by atoms with E-state index in [9.17, 15) is 4.39 Å². The molecule has 26 heavy (non-hydrogen) atoms. The molecule has 0 atom stereocenters. The molecule has 0 fully saturated rings. The fourth-order valence-electron chi connectivity index (χ4n) is 2.98. The summed E-state index contributed by atoms with van der Waals surface area (Å²) in [7, 11) is 1.95. The van der Waals surface area contributed by atoms with Crippen LogP contribution < -0.4 is 4.90 Å². The normalized spacial score (nSPS) is 11.0. The van der Waals surface area contributed by atoms with Crippen molar-refractivity contribution >= 4 is 11.5 Å². The Balaban J connectivity index is 1.68. The van der Waals surface area contributed by atoms with Gasteiger partial charge in [0, 0.05) is 19.2 Å². The van der Waals surface area contributed by atoms with E-state index in [2.05, 4.69) is 36.2 Å². The van der Waals surface area contributed by atoms with E-state index in [4.69, 9.17) is 5.10 Å². The molecule has 0 unspecified atom stereocenters. The van der Waals surface area contributed by atoms with Gasteiger partial charge in [0.15, 0.2) is 5.65 Å². The Bertz CT molecular complexity index is 1050. The maximum Gasteiger partial charge on any atom is 0.154 e. The maximum atomic E-state index is 13.4. The lowest BCUT2D eigenvalue weighted by molar-refractivity contribution is 0.625. The lowest BCUT2D eigenvalue weighted by atomic mass is 10.1. The van der Waals surface area contributed by atoms with Gasteiger partial charge in [-0.25, -0.2) is 13.9 Å². The summed E-state index contributed by atoms with van der Waals surface area (Å²) in [6.45, 7) is 2.64. The van der Waals surface area contributed by atoms with E-state index in [0.717, 1.165) is 28.3 Å². The van der Waals surface area contributed by atoms with Crippen LogP contribution in [-0.2, 0) is 6.54 Å². The zero-order valence-electron chi connectivity index (χ0n) is 14.7. The van der Waals surface area contributed by atoms with Crippen molar-refractivity contribution in [3.8, 4) is 11.3 Å². The quantitative estimate of drug-likeness (QED) is 0.546. The van der Waals surface area contributed by atoms with Crippen LogP contribution in [0.5, 0.6) is 0 Å². The summed E-state index contributed by atoms with van der Waals surface area (Å²) in [5.74, 6) is 0.573. The fourth-order valence-corrected chi connectivity index (χ4v) is 2.98. The number of hydrogen-bond donors (Lipinski definition) is 0. The summed E-state index contributed by atoms with van der Waals surface area (Å²) in [4.78, 5) is 6.44. The molecule has 4 aromatic rings. The van der Waals surface area contributed by atoms with Crippen LogP contribution in [0.4, 0.5) is 10.2 Å². The van der Waals surface area contributed by atoms with Crippen molar-refractivity contribution in [3.05, 3.63) is 83.8 Å². The predicted octanol–water partition coefficient (Wildman–Crippen LogP) is 4.48. The Morgan fingerprint density at radius 3 is 2.62 bits per heavy atom. The van der Waals surface area contributed by atoms with Crippen molar-refractivity contribution < 1.29 is 4.39 Å². The number of hydrogen-bond acceptors (Lipinski definition) is 3. The lowest BCUT2D eigenvalue weighted by Gasteiger charge is -2.18. The summed E-state index contributed by atoms with van der Waals surface area (Å²) in [5, 5.41) is 4.74. The van der Waals surface area contributed by atoms with Crippen LogP contribution in [0.3, 0.4) is 0 Å². The second kappa shape index (κ2) is 6.59. The van der Waals surface area contributed by atoms with Gasteiger partial charge in [0.2, 0.25) is 0 Å². The van der Waals surface area contributed by atoms with Gasteiger partial charge in [0.1, 0.15) is 11.6 Å². The van der Waals surface area contributed by atoms with E-state index in [0.29, 0.717) is 6.54 Å². The number of halogens is 1. The molecule has 0 saturated carbocycles. The number of aromatic nitrogens is 3. The molecule has 0 aliphatic heterocycles. The molecule has 0 radical (unpaired) electrons. The SMILES string of the molecule is Cc1ccc(-c2cnc3ccc(N(C)Cc4cccc(F)c4)nn23)cc1. The molecule has 2 aromatic carbocycles. The third-order valence-electron chi connectivity index (χ3n) is 4.40. The molecule has 0 bridgehead atoms. The number of fused-ring (bicyclic) bond motifs is 1. The Labute approximate surface area is 151 Å². The van der Waals surface area contributed by atoms with Gasteiger partial charge in [-0.2, -0.15) is 0 Å². The van der Waals surface area contributed by atoms with Crippen molar-refractivity contribution in [2.24, 2.45) is 0 Å². The van der Waals surface area contributed by atoms with Gasteiger partial charge in [-0.1, -0.05) is 42.0 Å². The molecular formula is C21H19FN4. The molecule has 0 aliphatic carbocycles. The number of nitrogens with zero attached hydrogens (tertiary/aromatic N) is 4. The van der Waals surface area contributed by atoms with E-state index in [1.807, 2.05) is 40.9 Å². The first kappa shape index (κ1) is 16.3. The topological polar surface area (TPSA) is 33.4 Å². The number of aryl methyl sites for hydroxylation is 1. The highest BCUT2D eigenvalue weighted by atomic mass is 19.1. The zero-order chi connectivity index (χ0) is 18.1. The average molecular weight is 346 g/mol. The van der Waals surface area contributed by atoms with E-state index < -0.39 is 0 Å². The Kier molecular flexibility index (Phi) is 4.13. The molecule has 0 saturated heterocycles. The standard InChI is InChI=1S/C21H19FN4/c1-15-6-8-17(9-7-15)19-13-23-20-10-11-21(24-26(19)20)25(2)14-16-4-3-5-18(22)12-16/h3-13H,14H2,1-2H3. The van der Waals surface area contributed by atoms with Gasteiger partial charge in [0.05, 0.1) is 11.9 Å². The first-order valence-corrected chi connectivity index (χ1v) is 8.47. The van der Waals surface area contributed by atoms with Crippen LogP contribution in [0.15, 0.2) is 66.9 Å². The molecule has 2 aromatic heterocycles. The Morgan fingerprint density at radius 2 is 1.85 bits per heavy atom. The molecule has 4 nitrogen and oxygen atoms in total. The molecule has 0 aliphatic rings. The van der Waals surface area contributed by atoms with Gasteiger partial charge in [0.25, 0.3) is 0 Å². The van der Waals surface area contributed by atoms with E-state index in [1.54, 1.807) is 12.1 Å². The first-order valence-electron chi connectivity index (χ1n) is 8.47. The summed E-state index contributed by atoms with van der Waals surface area (Å²) >= 11 is 0. The van der Waals surface area contributed by atoms with E-state index in [-0.39, 0.29) is 5.82 Å². The minimum absolute atomic E-state index is 0.226. The highest BCUT2D eigenvalue weighted by Crippen LogP contribution is 2.22. The van der Waals surface area contributed by atoms with Crippen molar-refractivity contribution in [1.29, 1.82) is 0 Å². The molecule has 0 N–H and O–H groups in total. The number of imidazole rings is 1. The minimum Gasteiger partial charge on any atom is -0.354 e. The number of rotatable bonds is 4. The molecule has 0 spiro atoms. The second-order valence-corrected chi connectivity index (χ2v) is 6.46. The molecule has 130 valence electrons. The smallest absolute Gasteiger partial charge is 0.154 e. The third kappa shape index (κ3) is 3.16. The van der Waals surface area contributed by atoms with Gasteiger partial charge in [-0.3, -0.25) is 0 Å². The Hall–Kier alpha value is -3.21. The highest BCUT2D eigenvalue weighted by molar-refractivity contribution is 5.64. The number of benzene rings is 2. The monoisotopic (exact) mass is 346 g/mol. The summed E-state index contributed by atoms with van der Waals surface area (Å²) in [6, 6.07) is 18.8.